The fraction of sp³-hybridized carbons (Fsp3) is 0.579. The Bertz CT molecular complexity index is 806. The van der Waals surface area contributed by atoms with Crippen LogP contribution in [-0.2, 0) is 4.79 Å². The van der Waals surface area contributed by atoms with Gasteiger partial charge in [-0.25, -0.2) is 9.18 Å². The second kappa shape index (κ2) is 5.69. The average Bonchev–Trinajstić information content (AvgIpc) is 2.54. The van der Waals surface area contributed by atoms with E-state index in [4.69, 9.17) is 5.11 Å². The lowest BCUT2D eigenvalue weighted by molar-refractivity contribution is -0.283. The lowest BCUT2D eigenvalue weighted by Gasteiger charge is -2.61. The van der Waals surface area contributed by atoms with Gasteiger partial charge in [-0.2, -0.15) is 13.2 Å². The molecule has 8 heteroatoms. The molecule has 2 N–H and O–H groups in total. The molecule has 4 nitrogen and oxygen atoms in total. The monoisotopic (exact) mass is 385 g/mol. The standard InChI is InChI=1S/C19H19F4NO3/c20-13-4-12(15(25)26)1-2-14(13)24-16(27)17-5-10-3-11(6-17)8-18(7-10,9-17)19(21,22)23/h1-2,4,10-11H,3,5-9H2,(H,24,27)(H,25,26). The summed E-state index contributed by atoms with van der Waals surface area (Å²) in [7, 11) is 0. The van der Waals surface area contributed by atoms with Crippen molar-refractivity contribution in [2.75, 3.05) is 5.32 Å². The molecule has 27 heavy (non-hydrogen) atoms. The van der Waals surface area contributed by atoms with Crippen LogP contribution in [0.15, 0.2) is 18.2 Å². The van der Waals surface area contributed by atoms with Gasteiger partial charge < -0.3 is 10.4 Å². The maximum Gasteiger partial charge on any atom is 0.394 e. The number of hydrogen-bond donors (Lipinski definition) is 2. The first-order valence-corrected chi connectivity index (χ1v) is 8.95. The second-order valence-corrected chi connectivity index (χ2v) is 8.47. The van der Waals surface area contributed by atoms with Gasteiger partial charge in [0.15, 0.2) is 0 Å². The van der Waals surface area contributed by atoms with Crippen LogP contribution in [0.5, 0.6) is 0 Å². The van der Waals surface area contributed by atoms with E-state index >= 15 is 0 Å². The highest BCUT2D eigenvalue weighted by molar-refractivity contribution is 5.96. The molecule has 2 unspecified atom stereocenters. The molecule has 0 saturated heterocycles. The van der Waals surface area contributed by atoms with Crippen molar-refractivity contribution < 1.29 is 32.3 Å². The zero-order valence-corrected chi connectivity index (χ0v) is 14.4. The summed E-state index contributed by atoms with van der Waals surface area (Å²) in [4.78, 5) is 23.8. The molecule has 0 heterocycles. The Hall–Kier alpha value is -2.12. The van der Waals surface area contributed by atoms with Gasteiger partial charge in [-0.05, 0) is 68.6 Å². The van der Waals surface area contributed by atoms with Gasteiger partial charge in [-0.1, -0.05) is 0 Å². The first-order chi connectivity index (χ1) is 12.5. The molecular formula is C19H19F4NO3. The summed E-state index contributed by atoms with van der Waals surface area (Å²) in [6, 6.07) is 3.07. The highest BCUT2D eigenvalue weighted by atomic mass is 19.4. The van der Waals surface area contributed by atoms with Gasteiger partial charge in [0, 0.05) is 0 Å². The van der Waals surface area contributed by atoms with Gasteiger partial charge in [-0.15, -0.1) is 0 Å². The van der Waals surface area contributed by atoms with E-state index in [0.29, 0.717) is 19.3 Å². The molecule has 4 bridgehead atoms. The maximum atomic E-state index is 14.1. The first kappa shape index (κ1) is 18.3. The number of amides is 1. The Morgan fingerprint density at radius 3 is 2.26 bits per heavy atom. The second-order valence-electron chi connectivity index (χ2n) is 8.47. The summed E-state index contributed by atoms with van der Waals surface area (Å²) < 4.78 is 55.5. The van der Waals surface area contributed by atoms with Crippen LogP contribution in [0.1, 0.15) is 48.9 Å². The van der Waals surface area contributed by atoms with Crippen LogP contribution in [0, 0.1) is 28.5 Å². The summed E-state index contributed by atoms with van der Waals surface area (Å²) in [6.45, 7) is 0. The lowest BCUT2D eigenvalue weighted by Crippen LogP contribution is -2.60. The van der Waals surface area contributed by atoms with Gasteiger partial charge in [0.2, 0.25) is 5.91 Å². The molecule has 1 aromatic rings. The minimum absolute atomic E-state index is 0.0731. The van der Waals surface area contributed by atoms with Crippen LogP contribution in [0.25, 0.3) is 0 Å². The van der Waals surface area contributed by atoms with Crippen LogP contribution in [-0.4, -0.2) is 23.2 Å². The van der Waals surface area contributed by atoms with Gasteiger partial charge >= 0.3 is 12.1 Å². The summed E-state index contributed by atoms with van der Waals surface area (Å²) in [6.07, 6.45) is -2.96. The number of carbonyl (C=O) groups is 2. The van der Waals surface area contributed by atoms with Gasteiger partial charge in [0.25, 0.3) is 0 Å². The van der Waals surface area contributed by atoms with E-state index in [0.717, 1.165) is 18.2 Å². The van der Waals surface area contributed by atoms with Crippen molar-refractivity contribution in [1.29, 1.82) is 0 Å². The van der Waals surface area contributed by atoms with Gasteiger partial charge in [0.05, 0.1) is 22.1 Å². The fourth-order valence-electron chi connectivity index (χ4n) is 5.86. The summed E-state index contributed by atoms with van der Waals surface area (Å²) in [5.74, 6) is -3.10. The molecule has 0 radical (unpaired) electrons. The van der Waals surface area contributed by atoms with E-state index in [-0.39, 0.29) is 42.3 Å². The predicted molar refractivity (Wildman–Crippen MR) is 87.6 cm³/mol. The number of benzene rings is 1. The van der Waals surface area contributed by atoms with Crippen LogP contribution in [0.2, 0.25) is 0 Å². The van der Waals surface area contributed by atoms with Crippen LogP contribution >= 0.6 is 0 Å². The van der Waals surface area contributed by atoms with E-state index in [1.165, 1.54) is 0 Å². The molecule has 4 aliphatic carbocycles. The molecule has 2 atom stereocenters. The molecule has 0 spiro atoms. The highest BCUT2D eigenvalue weighted by Gasteiger charge is 2.68. The molecule has 4 aliphatic rings. The van der Waals surface area contributed by atoms with Crippen molar-refractivity contribution in [2.45, 2.75) is 44.7 Å². The Labute approximate surface area is 152 Å². The van der Waals surface area contributed by atoms with Gasteiger partial charge in [-0.3, -0.25) is 4.79 Å². The third kappa shape index (κ3) is 2.80. The van der Waals surface area contributed by atoms with Crippen molar-refractivity contribution >= 4 is 17.6 Å². The Morgan fingerprint density at radius 2 is 1.74 bits per heavy atom. The number of carbonyl (C=O) groups excluding carboxylic acids is 1. The van der Waals surface area contributed by atoms with E-state index in [1.54, 1.807) is 0 Å². The van der Waals surface area contributed by atoms with Crippen LogP contribution < -0.4 is 5.32 Å². The Kier molecular flexibility index (Phi) is 3.85. The number of anilines is 1. The van der Waals surface area contributed by atoms with E-state index in [1.807, 2.05) is 0 Å². The zero-order valence-electron chi connectivity index (χ0n) is 14.4. The zero-order chi connectivity index (χ0) is 19.6. The molecular weight excluding hydrogens is 366 g/mol. The van der Waals surface area contributed by atoms with Crippen molar-refractivity contribution in [2.24, 2.45) is 22.7 Å². The number of hydrogen-bond acceptors (Lipinski definition) is 2. The molecule has 5 rings (SSSR count). The number of carboxylic acids is 1. The van der Waals surface area contributed by atoms with Crippen LogP contribution in [0.3, 0.4) is 0 Å². The predicted octanol–water partition coefficient (Wildman–Crippen LogP) is 4.61. The molecule has 146 valence electrons. The van der Waals surface area contributed by atoms with Crippen LogP contribution in [0.4, 0.5) is 23.2 Å². The minimum Gasteiger partial charge on any atom is -0.478 e. The molecule has 4 saturated carbocycles. The molecule has 1 amide bonds. The maximum absolute atomic E-state index is 14.1. The number of nitrogens with one attached hydrogen (secondary N) is 1. The number of halogens is 4. The lowest BCUT2D eigenvalue weighted by atomic mass is 9.43. The molecule has 0 aliphatic heterocycles. The van der Waals surface area contributed by atoms with Crippen molar-refractivity contribution in [1.82, 2.24) is 0 Å². The van der Waals surface area contributed by atoms with Crippen molar-refractivity contribution in [3.05, 3.63) is 29.6 Å². The topological polar surface area (TPSA) is 66.4 Å². The Morgan fingerprint density at radius 1 is 1.11 bits per heavy atom. The number of carboxylic acid groups (broad SMARTS) is 1. The summed E-state index contributed by atoms with van der Waals surface area (Å²) >= 11 is 0. The third-order valence-corrected chi connectivity index (χ3v) is 6.61. The average molecular weight is 385 g/mol. The van der Waals surface area contributed by atoms with E-state index in [9.17, 15) is 27.2 Å². The third-order valence-electron chi connectivity index (χ3n) is 6.61. The summed E-state index contributed by atoms with van der Waals surface area (Å²) in [5.41, 5.74) is -3.43. The number of alkyl halides is 3. The fourth-order valence-corrected chi connectivity index (χ4v) is 5.86. The normalized spacial score (nSPS) is 34.5. The largest absolute Gasteiger partial charge is 0.478 e. The van der Waals surface area contributed by atoms with Gasteiger partial charge in [0.1, 0.15) is 5.82 Å². The minimum atomic E-state index is -4.36. The number of rotatable bonds is 3. The molecule has 1 aromatic carbocycles. The van der Waals surface area contributed by atoms with Crippen molar-refractivity contribution in [3.8, 4) is 0 Å². The van der Waals surface area contributed by atoms with E-state index < -0.39 is 34.7 Å². The SMILES string of the molecule is O=C(O)c1ccc(NC(=O)C23CC4CC(C2)CC(C(F)(F)F)(C4)C3)c(F)c1. The van der Waals surface area contributed by atoms with E-state index in [2.05, 4.69) is 5.32 Å². The van der Waals surface area contributed by atoms with Crippen molar-refractivity contribution in [3.63, 3.8) is 0 Å². The quantitative estimate of drug-likeness (QED) is 0.747. The highest BCUT2D eigenvalue weighted by Crippen LogP contribution is 2.69. The Balaban J connectivity index is 1.61. The summed E-state index contributed by atoms with van der Waals surface area (Å²) in [5, 5.41) is 11.3. The first-order valence-electron chi connectivity index (χ1n) is 8.95. The smallest absolute Gasteiger partial charge is 0.394 e. The number of aromatic carboxylic acids is 1. The molecule has 0 aromatic heterocycles. The molecule has 4 fully saturated rings.